The first-order valence-corrected chi connectivity index (χ1v) is 10.6. The predicted octanol–water partition coefficient (Wildman–Crippen LogP) is 2.91. The molecule has 0 bridgehead atoms. The first-order chi connectivity index (χ1) is 15.6. The molecule has 0 aliphatic carbocycles. The van der Waals surface area contributed by atoms with Gasteiger partial charge in [-0.1, -0.05) is 18.2 Å². The van der Waals surface area contributed by atoms with Gasteiger partial charge >= 0.3 is 0 Å². The summed E-state index contributed by atoms with van der Waals surface area (Å²) in [6, 6.07) is 13.5. The van der Waals surface area contributed by atoms with E-state index in [1.54, 1.807) is 36.3 Å². The molecule has 0 radical (unpaired) electrons. The van der Waals surface area contributed by atoms with Gasteiger partial charge in [-0.15, -0.1) is 0 Å². The van der Waals surface area contributed by atoms with Crippen LogP contribution < -0.4 is 10.5 Å². The lowest BCUT2D eigenvalue weighted by atomic mass is 10.0. The molecule has 32 heavy (non-hydrogen) atoms. The summed E-state index contributed by atoms with van der Waals surface area (Å²) in [5, 5.41) is 0. The highest BCUT2D eigenvalue weighted by atomic mass is 16.5. The van der Waals surface area contributed by atoms with Gasteiger partial charge < -0.3 is 14.2 Å². The van der Waals surface area contributed by atoms with Crippen LogP contribution in [0.3, 0.4) is 0 Å². The van der Waals surface area contributed by atoms with Crippen LogP contribution in [-0.4, -0.2) is 43.8 Å². The summed E-state index contributed by atoms with van der Waals surface area (Å²) in [5.41, 5.74) is 3.53. The maximum absolute atomic E-state index is 12.7. The molecule has 0 N–H and O–H groups in total. The van der Waals surface area contributed by atoms with E-state index in [2.05, 4.69) is 31.6 Å². The van der Waals surface area contributed by atoms with Gasteiger partial charge in [0.25, 0.3) is 5.56 Å². The summed E-state index contributed by atoms with van der Waals surface area (Å²) < 4.78 is 9.84. The van der Waals surface area contributed by atoms with E-state index in [1.165, 1.54) is 0 Å². The van der Waals surface area contributed by atoms with Crippen molar-refractivity contribution in [2.75, 3.05) is 24.6 Å². The molecule has 8 nitrogen and oxygen atoms in total. The van der Waals surface area contributed by atoms with E-state index in [0.29, 0.717) is 31.3 Å². The van der Waals surface area contributed by atoms with E-state index in [1.807, 2.05) is 37.4 Å². The number of aromatic nitrogens is 5. The van der Waals surface area contributed by atoms with Gasteiger partial charge in [-0.05, 0) is 25.1 Å². The number of morpholine rings is 1. The fourth-order valence-corrected chi connectivity index (χ4v) is 4.11. The number of hydrogen-bond donors (Lipinski definition) is 0. The number of para-hydroxylation sites is 1. The zero-order valence-electron chi connectivity index (χ0n) is 18.0. The van der Waals surface area contributed by atoms with Crippen LogP contribution in [0.25, 0.3) is 16.9 Å². The quantitative estimate of drug-likeness (QED) is 0.497. The summed E-state index contributed by atoms with van der Waals surface area (Å²) in [7, 11) is 1.76. The van der Waals surface area contributed by atoms with Crippen molar-refractivity contribution in [3.05, 3.63) is 89.0 Å². The second-order valence-corrected chi connectivity index (χ2v) is 7.78. The SMILES string of the molecule is Cc1nccn1-c1ccccc1C1CN(c2nc(-c3ccncc3)cc(=O)n2C)CCO1. The third kappa shape index (κ3) is 3.69. The highest BCUT2D eigenvalue weighted by Crippen LogP contribution is 2.30. The Labute approximate surface area is 185 Å². The summed E-state index contributed by atoms with van der Waals surface area (Å²) in [4.78, 5) is 28.1. The van der Waals surface area contributed by atoms with Crippen molar-refractivity contribution >= 4 is 5.95 Å². The molecule has 0 amide bonds. The van der Waals surface area contributed by atoms with E-state index in [9.17, 15) is 4.79 Å². The van der Waals surface area contributed by atoms with Crippen LogP contribution in [0.2, 0.25) is 0 Å². The molecular formula is C24H24N6O2. The molecule has 1 atom stereocenters. The number of aryl methyl sites for hydroxylation is 1. The Balaban J connectivity index is 1.51. The first-order valence-electron chi connectivity index (χ1n) is 10.6. The number of rotatable bonds is 4. The summed E-state index contributed by atoms with van der Waals surface area (Å²) in [5.74, 6) is 1.55. The zero-order chi connectivity index (χ0) is 22.1. The number of benzene rings is 1. The molecule has 1 aromatic carbocycles. The number of pyridine rings is 1. The second kappa shape index (κ2) is 8.39. The summed E-state index contributed by atoms with van der Waals surface area (Å²) in [6.45, 7) is 3.76. The summed E-state index contributed by atoms with van der Waals surface area (Å²) in [6.07, 6.45) is 6.99. The topological polar surface area (TPSA) is 78.1 Å². The molecule has 5 rings (SSSR count). The Kier molecular flexibility index (Phi) is 5.28. The predicted molar refractivity (Wildman–Crippen MR) is 122 cm³/mol. The minimum absolute atomic E-state index is 0.0979. The maximum Gasteiger partial charge on any atom is 0.255 e. The highest BCUT2D eigenvalue weighted by molar-refractivity contribution is 5.59. The van der Waals surface area contributed by atoms with Crippen molar-refractivity contribution in [3.8, 4) is 16.9 Å². The van der Waals surface area contributed by atoms with Crippen molar-refractivity contribution in [2.45, 2.75) is 13.0 Å². The number of imidazole rings is 1. The Morgan fingerprint density at radius 2 is 1.91 bits per heavy atom. The maximum atomic E-state index is 12.7. The van der Waals surface area contributed by atoms with Crippen molar-refractivity contribution < 1.29 is 4.74 Å². The summed E-state index contributed by atoms with van der Waals surface area (Å²) >= 11 is 0. The number of hydrogen-bond acceptors (Lipinski definition) is 6. The molecule has 1 saturated heterocycles. The van der Waals surface area contributed by atoms with E-state index < -0.39 is 0 Å². The van der Waals surface area contributed by atoms with Gasteiger partial charge in [0.05, 0.1) is 24.5 Å². The minimum atomic E-state index is -0.164. The van der Waals surface area contributed by atoms with Crippen LogP contribution in [0, 0.1) is 6.92 Å². The molecule has 0 spiro atoms. The molecule has 1 aliphatic heterocycles. The van der Waals surface area contributed by atoms with Gasteiger partial charge in [-0.3, -0.25) is 14.3 Å². The smallest absolute Gasteiger partial charge is 0.255 e. The normalized spacial score (nSPS) is 16.3. The van der Waals surface area contributed by atoms with Crippen LogP contribution >= 0.6 is 0 Å². The molecule has 8 heteroatoms. The van der Waals surface area contributed by atoms with Gasteiger partial charge in [0.1, 0.15) is 11.9 Å². The molecule has 162 valence electrons. The third-order valence-corrected chi connectivity index (χ3v) is 5.81. The van der Waals surface area contributed by atoms with Crippen LogP contribution in [0.5, 0.6) is 0 Å². The molecule has 3 aromatic heterocycles. The van der Waals surface area contributed by atoms with Gasteiger partial charge in [-0.25, -0.2) is 9.97 Å². The molecule has 4 aromatic rings. The average Bonchev–Trinajstić information content (AvgIpc) is 3.27. The lowest BCUT2D eigenvalue weighted by Crippen LogP contribution is -2.42. The van der Waals surface area contributed by atoms with E-state index in [4.69, 9.17) is 9.72 Å². The average molecular weight is 428 g/mol. The fraction of sp³-hybridized carbons (Fsp3) is 0.250. The molecule has 0 saturated carbocycles. The lowest BCUT2D eigenvalue weighted by Gasteiger charge is -2.35. The first kappa shape index (κ1) is 20.1. The lowest BCUT2D eigenvalue weighted by molar-refractivity contribution is 0.0389. The van der Waals surface area contributed by atoms with Crippen molar-refractivity contribution in [1.82, 2.24) is 24.1 Å². The van der Waals surface area contributed by atoms with Gasteiger partial charge in [0.15, 0.2) is 0 Å². The minimum Gasteiger partial charge on any atom is -0.370 e. The molecule has 1 fully saturated rings. The van der Waals surface area contributed by atoms with Gasteiger partial charge in [0, 0.05) is 55.6 Å². The van der Waals surface area contributed by atoms with Gasteiger partial charge in [-0.2, -0.15) is 0 Å². The van der Waals surface area contributed by atoms with Crippen LogP contribution in [0.15, 0.2) is 72.0 Å². The number of anilines is 1. The molecule has 1 aliphatic rings. The van der Waals surface area contributed by atoms with Crippen molar-refractivity contribution in [1.29, 1.82) is 0 Å². The Morgan fingerprint density at radius 1 is 1.09 bits per heavy atom. The molecule has 4 heterocycles. The highest BCUT2D eigenvalue weighted by Gasteiger charge is 2.27. The zero-order valence-corrected chi connectivity index (χ0v) is 18.0. The Bertz CT molecular complexity index is 1300. The Morgan fingerprint density at radius 3 is 2.69 bits per heavy atom. The van der Waals surface area contributed by atoms with Crippen molar-refractivity contribution in [2.24, 2.45) is 7.05 Å². The van der Waals surface area contributed by atoms with E-state index >= 15 is 0 Å². The van der Waals surface area contributed by atoms with Gasteiger partial charge in [0.2, 0.25) is 5.95 Å². The van der Waals surface area contributed by atoms with Crippen molar-refractivity contribution in [3.63, 3.8) is 0 Å². The van der Waals surface area contributed by atoms with Crippen LogP contribution in [0.4, 0.5) is 5.95 Å². The third-order valence-electron chi connectivity index (χ3n) is 5.81. The molecule has 1 unspecified atom stereocenters. The number of nitrogens with zero attached hydrogens (tertiary/aromatic N) is 6. The largest absolute Gasteiger partial charge is 0.370 e. The second-order valence-electron chi connectivity index (χ2n) is 7.78. The van der Waals surface area contributed by atoms with Crippen LogP contribution in [0.1, 0.15) is 17.5 Å². The Hall–Kier alpha value is -3.78. The standard InChI is InChI=1S/C24H24N6O2/c1-17-26-11-12-30(17)21-6-4-3-5-19(21)22-16-29(13-14-32-22)24-27-20(15-23(31)28(24)2)18-7-9-25-10-8-18/h3-12,15,22H,13-14,16H2,1-2H3. The number of ether oxygens (including phenoxy) is 1. The monoisotopic (exact) mass is 428 g/mol. The molecular weight excluding hydrogens is 404 g/mol. The fourth-order valence-electron chi connectivity index (χ4n) is 4.11. The van der Waals surface area contributed by atoms with E-state index in [0.717, 1.165) is 22.6 Å². The van der Waals surface area contributed by atoms with E-state index in [-0.39, 0.29) is 11.7 Å². The van der Waals surface area contributed by atoms with Crippen LogP contribution in [-0.2, 0) is 11.8 Å².